The van der Waals surface area contributed by atoms with Crippen molar-refractivity contribution in [2.24, 2.45) is 0 Å². The predicted octanol–water partition coefficient (Wildman–Crippen LogP) is 3.63. The number of pyridine rings is 1. The van der Waals surface area contributed by atoms with Gasteiger partial charge in [0.15, 0.2) is 0 Å². The molecule has 1 heterocycles. The Labute approximate surface area is 92.5 Å². The number of aromatic nitrogens is 1. The summed E-state index contributed by atoms with van der Waals surface area (Å²) in [5, 5.41) is 0. The zero-order chi connectivity index (χ0) is 10.7. The number of benzene rings is 1. The molecule has 1 aromatic heterocycles. The molecule has 15 heavy (non-hydrogen) atoms. The van der Waals surface area contributed by atoms with E-state index in [0.29, 0.717) is 5.88 Å². The summed E-state index contributed by atoms with van der Waals surface area (Å²) in [5.41, 5.74) is 2.55. The van der Waals surface area contributed by atoms with Crippen molar-refractivity contribution in [1.82, 2.24) is 4.98 Å². The van der Waals surface area contributed by atoms with Gasteiger partial charge in [0.05, 0.1) is 0 Å². The van der Waals surface area contributed by atoms with Crippen LogP contribution < -0.4 is 0 Å². The summed E-state index contributed by atoms with van der Waals surface area (Å²) >= 11 is 5.68. The van der Waals surface area contributed by atoms with Crippen molar-refractivity contribution in [3.63, 3.8) is 0 Å². The van der Waals surface area contributed by atoms with Gasteiger partial charge < -0.3 is 0 Å². The molecule has 0 bridgehead atoms. The largest absolute Gasteiger partial charge is 0.265 e. The van der Waals surface area contributed by atoms with Gasteiger partial charge in [-0.15, -0.1) is 11.6 Å². The summed E-state index contributed by atoms with van der Waals surface area (Å²) in [6, 6.07) is 8.49. The van der Waals surface area contributed by atoms with Gasteiger partial charge in [-0.2, -0.15) is 0 Å². The lowest BCUT2D eigenvalue weighted by atomic mass is 10.0. The van der Waals surface area contributed by atoms with Gasteiger partial charge in [-0.1, -0.05) is 0 Å². The first-order chi connectivity index (χ1) is 7.29. The number of alkyl halides is 1. The highest BCUT2D eigenvalue weighted by Gasteiger charge is 2.02. The zero-order valence-electron chi connectivity index (χ0n) is 7.95. The van der Waals surface area contributed by atoms with Crippen molar-refractivity contribution >= 4 is 11.6 Å². The molecule has 1 aromatic carbocycles. The Morgan fingerprint density at radius 1 is 1.07 bits per heavy atom. The highest BCUT2D eigenvalue weighted by atomic mass is 35.5. The Balaban J connectivity index is 2.49. The van der Waals surface area contributed by atoms with Crippen molar-refractivity contribution in [2.45, 2.75) is 5.88 Å². The molecule has 0 unspecified atom stereocenters. The fourth-order valence-corrected chi connectivity index (χ4v) is 1.59. The Hall–Kier alpha value is -1.41. The normalized spacial score (nSPS) is 10.3. The summed E-state index contributed by atoms with van der Waals surface area (Å²) in [6.45, 7) is 0. The van der Waals surface area contributed by atoms with E-state index in [-0.39, 0.29) is 5.82 Å². The fourth-order valence-electron chi connectivity index (χ4n) is 1.44. The molecular weight excluding hydrogens is 213 g/mol. The van der Waals surface area contributed by atoms with Crippen LogP contribution in [0.2, 0.25) is 0 Å². The number of hydrogen-bond acceptors (Lipinski definition) is 1. The van der Waals surface area contributed by atoms with Gasteiger partial charge in [-0.3, -0.25) is 4.98 Å². The number of nitrogens with zero attached hydrogens (tertiary/aromatic N) is 1. The van der Waals surface area contributed by atoms with E-state index in [4.69, 9.17) is 11.6 Å². The third-order valence-corrected chi connectivity index (χ3v) is 2.43. The summed E-state index contributed by atoms with van der Waals surface area (Å²) in [6.07, 6.45) is 3.36. The second-order valence-corrected chi connectivity index (χ2v) is 3.48. The van der Waals surface area contributed by atoms with E-state index < -0.39 is 0 Å². The number of rotatable bonds is 2. The maximum atomic E-state index is 13.2. The Bertz CT molecular complexity index is 456. The topological polar surface area (TPSA) is 12.9 Å². The van der Waals surface area contributed by atoms with Crippen molar-refractivity contribution in [3.05, 3.63) is 54.1 Å². The molecule has 2 rings (SSSR count). The van der Waals surface area contributed by atoms with Crippen LogP contribution in [-0.2, 0) is 5.88 Å². The summed E-state index contributed by atoms with van der Waals surface area (Å²) < 4.78 is 13.2. The van der Waals surface area contributed by atoms with Crippen LogP contribution in [0.4, 0.5) is 4.39 Å². The number of hydrogen-bond donors (Lipinski definition) is 0. The van der Waals surface area contributed by atoms with Crippen LogP contribution in [-0.4, -0.2) is 4.98 Å². The molecule has 76 valence electrons. The van der Waals surface area contributed by atoms with Crippen LogP contribution in [0.3, 0.4) is 0 Å². The molecule has 0 aliphatic heterocycles. The van der Waals surface area contributed by atoms with Crippen LogP contribution in [0.5, 0.6) is 0 Å². The maximum absolute atomic E-state index is 13.2. The molecule has 0 amide bonds. The lowest BCUT2D eigenvalue weighted by Gasteiger charge is -2.03. The first-order valence-electron chi connectivity index (χ1n) is 4.55. The minimum atomic E-state index is -0.264. The Kier molecular flexibility index (Phi) is 2.97. The second-order valence-electron chi connectivity index (χ2n) is 3.22. The van der Waals surface area contributed by atoms with Crippen LogP contribution in [0, 0.1) is 5.82 Å². The number of halogens is 2. The van der Waals surface area contributed by atoms with Gasteiger partial charge in [-0.25, -0.2) is 4.39 Å². The minimum absolute atomic E-state index is 0.264. The second kappa shape index (κ2) is 4.41. The van der Waals surface area contributed by atoms with Crippen molar-refractivity contribution < 1.29 is 4.39 Å². The van der Waals surface area contributed by atoms with E-state index >= 15 is 0 Å². The van der Waals surface area contributed by atoms with Gasteiger partial charge in [0.25, 0.3) is 0 Å². The first-order valence-corrected chi connectivity index (χ1v) is 5.09. The van der Waals surface area contributed by atoms with Crippen LogP contribution >= 0.6 is 11.6 Å². The molecule has 0 saturated carbocycles. The molecule has 0 fully saturated rings. The molecule has 0 aliphatic rings. The SMILES string of the molecule is Fc1cc(CCl)cc(-c2ccncc2)c1. The fraction of sp³-hybridized carbons (Fsp3) is 0.0833. The zero-order valence-corrected chi connectivity index (χ0v) is 8.71. The molecule has 0 aliphatic carbocycles. The van der Waals surface area contributed by atoms with Crippen molar-refractivity contribution in [1.29, 1.82) is 0 Å². The van der Waals surface area contributed by atoms with E-state index in [0.717, 1.165) is 16.7 Å². The van der Waals surface area contributed by atoms with Crippen molar-refractivity contribution in [2.75, 3.05) is 0 Å². The maximum Gasteiger partial charge on any atom is 0.124 e. The molecule has 0 radical (unpaired) electrons. The van der Waals surface area contributed by atoms with Crippen molar-refractivity contribution in [3.8, 4) is 11.1 Å². The lowest BCUT2D eigenvalue weighted by molar-refractivity contribution is 0.627. The molecule has 0 spiro atoms. The van der Waals surface area contributed by atoms with Gasteiger partial charge in [0, 0.05) is 18.3 Å². The molecule has 0 atom stereocenters. The summed E-state index contributed by atoms with van der Waals surface area (Å²) in [5.74, 6) is 0.0514. The molecule has 0 saturated heterocycles. The first kappa shape index (κ1) is 10.1. The molecule has 3 heteroatoms. The molecule has 0 N–H and O–H groups in total. The van der Waals surface area contributed by atoms with Gasteiger partial charge in [0.1, 0.15) is 5.82 Å². The van der Waals surface area contributed by atoms with Crippen LogP contribution in [0.1, 0.15) is 5.56 Å². The van der Waals surface area contributed by atoms with Gasteiger partial charge in [0.2, 0.25) is 0 Å². The highest BCUT2D eigenvalue weighted by molar-refractivity contribution is 6.17. The average molecular weight is 222 g/mol. The average Bonchev–Trinajstić information content (AvgIpc) is 2.29. The van der Waals surface area contributed by atoms with E-state index in [1.807, 2.05) is 18.2 Å². The molecule has 2 aromatic rings. The summed E-state index contributed by atoms with van der Waals surface area (Å²) in [4.78, 5) is 3.92. The highest BCUT2D eigenvalue weighted by Crippen LogP contribution is 2.21. The summed E-state index contributed by atoms with van der Waals surface area (Å²) in [7, 11) is 0. The smallest absolute Gasteiger partial charge is 0.124 e. The van der Waals surface area contributed by atoms with E-state index in [9.17, 15) is 4.39 Å². The van der Waals surface area contributed by atoms with E-state index in [2.05, 4.69) is 4.98 Å². The Morgan fingerprint density at radius 3 is 2.47 bits per heavy atom. The minimum Gasteiger partial charge on any atom is -0.265 e. The predicted molar refractivity (Wildman–Crippen MR) is 59.2 cm³/mol. The lowest BCUT2D eigenvalue weighted by Crippen LogP contribution is -1.85. The van der Waals surface area contributed by atoms with E-state index in [1.54, 1.807) is 12.4 Å². The van der Waals surface area contributed by atoms with Crippen LogP contribution in [0.15, 0.2) is 42.7 Å². The molecular formula is C12H9ClFN. The quantitative estimate of drug-likeness (QED) is 0.706. The third-order valence-electron chi connectivity index (χ3n) is 2.13. The third kappa shape index (κ3) is 2.34. The van der Waals surface area contributed by atoms with E-state index in [1.165, 1.54) is 12.1 Å². The molecule has 1 nitrogen and oxygen atoms in total. The van der Waals surface area contributed by atoms with Crippen LogP contribution in [0.25, 0.3) is 11.1 Å². The van der Waals surface area contributed by atoms with Gasteiger partial charge >= 0.3 is 0 Å². The standard InChI is InChI=1S/C12H9ClFN/c13-8-9-5-11(7-12(14)6-9)10-1-3-15-4-2-10/h1-7H,8H2. The van der Waals surface area contributed by atoms with Gasteiger partial charge in [-0.05, 0) is 47.0 Å². The Morgan fingerprint density at radius 2 is 1.80 bits per heavy atom. The monoisotopic (exact) mass is 221 g/mol.